The summed E-state index contributed by atoms with van der Waals surface area (Å²) < 4.78 is 5.02. The van der Waals surface area contributed by atoms with Gasteiger partial charge in [-0.1, -0.05) is 19.1 Å². The Morgan fingerprint density at radius 3 is 2.92 bits per heavy atom. The molecule has 0 spiro atoms. The molecule has 0 atom stereocenters. The highest BCUT2D eigenvalue weighted by atomic mass is 16.5. The average molecular weight is 177 g/mol. The third-order valence-corrected chi connectivity index (χ3v) is 1.80. The van der Waals surface area contributed by atoms with Gasteiger partial charge in [0.2, 0.25) is 0 Å². The first-order chi connectivity index (χ1) is 6.27. The molecular formula is C11H13O2. The van der Waals surface area contributed by atoms with E-state index in [4.69, 9.17) is 4.74 Å². The molecule has 0 saturated carbocycles. The molecule has 0 aromatic heterocycles. The number of Topliss-reactive ketones (excluding diaryl/α,β-unsaturated/α-hetero) is 1. The van der Waals surface area contributed by atoms with Crippen molar-refractivity contribution < 1.29 is 9.53 Å². The van der Waals surface area contributed by atoms with Gasteiger partial charge >= 0.3 is 0 Å². The number of ketones is 1. The van der Waals surface area contributed by atoms with E-state index in [1.54, 1.807) is 19.2 Å². The van der Waals surface area contributed by atoms with Crippen LogP contribution in [-0.2, 0) is 0 Å². The molecule has 0 aliphatic rings. The maximum absolute atomic E-state index is 11.4. The van der Waals surface area contributed by atoms with Crippen LogP contribution in [0.3, 0.4) is 0 Å². The summed E-state index contributed by atoms with van der Waals surface area (Å²) >= 11 is 0. The summed E-state index contributed by atoms with van der Waals surface area (Å²) in [5, 5.41) is 0. The van der Waals surface area contributed by atoms with Crippen LogP contribution in [0, 0.1) is 6.92 Å². The largest absolute Gasteiger partial charge is 0.497 e. The van der Waals surface area contributed by atoms with Crippen LogP contribution in [0.5, 0.6) is 5.75 Å². The van der Waals surface area contributed by atoms with Gasteiger partial charge in [-0.15, -0.1) is 0 Å². The van der Waals surface area contributed by atoms with E-state index >= 15 is 0 Å². The van der Waals surface area contributed by atoms with E-state index in [1.165, 1.54) is 0 Å². The van der Waals surface area contributed by atoms with E-state index in [0.29, 0.717) is 18.4 Å². The molecule has 0 bridgehead atoms. The summed E-state index contributed by atoms with van der Waals surface area (Å²) in [6.07, 6.45) is 1.13. The first kappa shape index (κ1) is 9.78. The molecule has 2 nitrogen and oxygen atoms in total. The topological polar surface area (TPSA) is 26.3 Å². The molecule has 69 valence electrons. The Kier molecular flexibility index (Phi) is 3.50. The van der Waals surface area contributed by atoms with Gasteiger partial charge in [0.25, 0.3) is 0 Å². The van der Waals surface area contributed by atoms with Crippen LogP contribution < -0.4 is 4.74 Å². The monoisotopic (exact) mass is 177 g/mol. The Morgan fingerprint density at radius 2 is 2.31 bits per heavy atom. The SMILES string of the molecule is [CH2]CCC(=O)c1cccc(OC)c1. The molecule has 13 heavy (non-hydrogen) atoms. The van der Waals surface area contributed by atoms with Crippen molar-refractivity contribution in [2.45, 2.75) is 12.8 Å². The Hall–Kier alpha value is -1.31. The molecule has 1 aromatic carbocycles. The summed E-state index contributed by atoms with van der Waals surface area (Å²) in [6, 6.07) is 7.18. The first-order valence-corrected chi connectivity index (χ1v) is 4.24. The molecule has 0 fully saturated rings. The van der Waals surface area contributed by atoms with Crippen LogP contribution in [0.25, 0.3) is 0 Å². The van der Waals surface area contributed by atoms with Gasteiger partial charge in [-0.2, -0.15) is 0 Å². The zero-order valence-electron chi connectivity index (χ0n) is 7.75. The Bertz CT molecular complexity index is 292. The van der Waals surface area contributed by atoms with Crippen molar-refractivity contribution in [2.24, 2.45) is 0 Å². The van der Waals surface area contributed by atoms with E-state index in [9.17, 15) is 4.79 Å². The van der Waals surface area contributed by atoms with Crippen LogP contribution in [0.1, 0.15) is 23.2 Å². The first-order valence-electron chi connectivity index (χ1n) is 4.24. The van der Waals surface area contributed by atoms with Gasteiger partial charge < -0.3 is 4.74 Å². The summed E-state index contributed by atoms with van der Waals surface area (Å²) in [6.45, 7) is 3.64. The van der Waals surface area contributed by atoms with E-state index in [1.807, 2.05) is 12.1 Å². The second-order valence-corrected chi connectivity index (χ2v) is 2.76. The van der Waals surface area contributed by atoms with E-state index < -0.39 is 0 Å². The third-order valence-electron chi connectivity index (χ3n) is 1.80. The van der Waals surface area contributed by atoms with Crippen LogP contribution >= 0.6 is 0 Å². The standard InChI is InChI=1S/C11H13O2/c1-3-5-11(12)9-6-4-7-10(8-9)13-2/h4,6-8H,1,3,5H2,2H3. The van der Waals surface area contributed by atoms with Gasteiger partial charge in [-0.3, -0.25) is 4.79 Å². The van der Waals surface area contributed by atoms with Crippen molar-refractivity contribution in [1.82, 2.24) is 0 Å². The lowest BCUT2D eigenvalue weighted by molar-refractivity contribution is 0.0983. The molecule has 0 amide bonds. The zero-order chi connectivity index (χ0) is 9.68. The number of benzene rings is 1. The summed E-state index contributed by atoms with van der Waals surface area (Å²) in [5.74, 6) is 0.837. The summed E-state index contributed by atoms with van der Waals surface area (Å²) in [5.41, 5.74) is 0.697. The van der Waals surface area contributed by atoms with E-state index in [2.05, 4.69) is 6.92 Å². The summed E-state index contributed by atoms with van der Waals surface area (Å²) in [4.78, 5) is 11.4. The molecule has 0 saturated heterocycles. The second kappa shape index (κ2) is 4.65. The number of carbonyl (C=O) groups is 1. The predicted octanol–water partition coefficient (Wildman–Crippen LogP) is 2.49. The minimum absolute atomic E-state index is 0.119. The van der Waals surface area contributed by atoms with Gasteiger partial charge in [0.1, 0.15) is 5.75 Å². The number of hydrogen-bond acceptors (Lipinski definition) is 2. The highest BCUT2D eigenvalue weighted by Crippen LogP contribution is 2.14. The lowest BCUT2D eigenvalue weighted by atomic mass is 10.1. The highest BCUT2D eigenvalue weighted by Gasteiger charge is 2.04. The maximum Gasteiger partial charge on any atom is 0.163 e. The maximum atomic E-state index is 11.4. The third kappa shape index (κ3) is 2.58. The van der Waals surface area contributed by atoms with Gasteiger partial charge in [-0.25, -0.2) is 0 Å². The molecule has 0 aliphatic heterocycles. The molecule has 0 N–H and O–H groups in total. The second-order valence-electron chi connectivity index (χ2n) is 2.76. The molecule has 1 rings (SSSR count). The van der Waals surface area contributed by atoms with Gasteiger partial charge in [0, 0.05) is 12.0 Å². The van der Waals surface area contributed by atoms with Crippen LogP contribution in [0.15, 0.2) is 24.3 Å². The Balaban J connectivity index is 2.82. The van der Waals surface area contributed by atoms with Crippen LogP contribution in [-0.4, -0.2) is 12.9 Å². The quantitative estimate of drug-likeness (QED) is 0.660. The number of rotatable bonds is 4. The molecule has 0 aliphatic carbocycles. The molecule has 1 radical (unpaired) electrons. The van der Waals surface area contributed by atoms with Crippen LogP contribution in [0.2, 0.25) is 0 Å². The average Bonchev–Trinajstić information content (AvgIpc) is 2.18. The fourth-order valence-electron chi connectivity index (χ4n) is 1.10. The molecule has 0 heterocycles. The number of hydrogen-bond donors (Lipinski definition) is 0. The number of methoxy groups -OCH3 is 1. The van der Waals surface area contributed by atoms with E-state index in [-0.39, 0.29) is 5.78 Å². The Morgan fingerprint density at radius 1 is 1.54 bits per heavy atom. The minimum Gasteiger partial charge on any atom is -0.497 e. The normalized spacial score (nSPS) is 9.69. The van der Waals surface area contributed by atoms with Crippen molar-refractivity contribution in [3.8, 4) is 5.75 Å². The zero-order valence-corrected chi connectivity index (χ0v) is 7.75. The van der Waals surface area contributed by atoms with Crippen molar-refractivity contribution >= 4 is 5.78 Å². The van der Waals surface area contributed by atoms with Crippen molar-refractivity contribution in [3.63, 3.8) is 0 Å². The smallest absolute Gasteiger partial charge is 0.163 e. The van der Waals surface area contributed by atoms with Crippen molar-refractivity contribution in [2.75, 3.05) is 7.11 Å². The van der Waals surface area contributed by atoms with Gasteiger partial charge in [0.15, 0.2) is 5.78 Å². The lowest BCUT2D eigenvalue weighted by Crippen LogP contribution is -1.98. The summed E-state index contributed by atoms with van der Waals surface area (Å²) in [7, 11) is 1.59. The predicted molar refractivity (Wildman–Crippen MR) is 51.9 cm³/mol. The van der Waals surface area contributed by atoms with Gasteiger partial charge in [0.05, 0.1) is 7.11 Å². The minimum atomic E-state index is 0.119. The van der Waals surface area contributed by atoms with Crippen molar-refractivity contribution in [3.05, 3.63) is 36.8 Å². The van der Waals surface area contributed by atoms with Gasteiger partial charge in [-0.05, 0) is 18.6 Å². The van der Waals surface area contributed by atoms with Crippen molar-refractivity contribution in [1.29, 1.82) is 0 Å². The molecule has 1 aromatic rings. The van der Waals surface area contributed by atoms with E-state index in [0.717, 1.165) is 5.75 Å². The molecule has 2 heteroatoms. The number of ether oxygens (including phenoxy) is 1. The number of carbonyl (C=O) groups excluding carboxylic acids is 1. The highest BCUT2D eigenvalue weighted by molar-refractivity contribution is 5.96. The Labute approximate surface area is 78.5 Å². The molecular weight excluding hydrogens is 164 g/mol. The van der Waals surface area contributed by atoms with Crippen LogP contribution in [0.4, 0.5) is 0 Å². The lowest BCUT2D eigenvalue weighted by Gasteiger charge is -2.02. The fourth-order valence-corrected chi connectivity index (χ4v) is 1.10. The molecule has 0 unspecified atom stereocenters. The fraction of sp³-hybridized carbons (Fsp3) is 0.273.